The minimum Gasteiger partial charge on any atom is -0.307 e. The molecular formula is C13H13BrFN3. The average molecular weight is 310 g/mol. The van der Waals surface area contributed by atoms with Crippen molar-refractivity contribution in [3.63, 3.8) is 0 Å². The van der Waals surface area contributed by atoms with Gasteiger partial charge in [-0.3, -0.25) is 9.97 Å². The molecule has 0 aliphatic rings. The van der Waals surface area contributed by atoms with E-state index in [1.807, 2.05) is 13.0 Å². The maximum absolute atomic E-state index is 13.3. The quantitative estimate of drug-likeness (QED) is 0.943. The molecule has 0 unspecified atom stereocenters. The van der Waals surface area contributed by atoms with E-state index in [-0.39, 0.29) is 5.82 Å². The molecular weight excluding hydrogens is 297 g/mol. The Kier molecular flexibility index (Phi) is 4.38. The van der Waals surface area contributed by atoms with Crippen LogP contribution in [0.2, 0.25) is 0 Å². The highest BCUT2D eigenvalue weighted by Gasteiger charge is 2.04. The first-order valence-corrected chi connectivity index (χ1v) is 6.37. The molecule has 0 saturated heterocycles. The van der Waals surface area contributed by atoms with Crippen molar-refractivity contribution in [1.29, 1.82) is 0 Å². The number of aromatic nitrogens is 2. The van der Waals surface area contributed by atoms with E-state index in [0.717, 1.165) is 17.0 Å². The van der Waals surface area contributed by atoms with Crippen LogP contribution in [0.5, 0.6) is 0 Å². The fraction of sp³-hybridized carbons (Fsp3) is 0.231. The molecule has 1 heterocycles. The predicted octanol–water partition coefficient (Wildman–Crippen LogP) is 2.98. The van der Waals surface area contributed by atoms with E-state index in [2.05, 4.69) is 31.2 Å². The fourth-order valence-electron chi connectivity index (χ4n) is 1.52. The van der Waals surface area contributed by atoms with E-state index in [1.54, 1.807) is 18.5 Å². The summed E-state index contributed by atoms with van der Waals surface area (Å²) >= 11 is 3.23. The summed E-state index contributed by atoms with van der Waals surface area (Å²) in [5, 5.41) is 3.21. The number of benzene rings is 1. The summed E-state index contributed by atoms with van der Waals surface area (Å²) in [7, 11) is 0. The summed E-state index contributed by atoms with van der Waals surface area (Å²) in [5.74, 6) is -0.246. The summed E-state index contributed by atoms with van der Waals surface area (Å²) in [6, 6.07) is 5.00. The second kappa shape index (κ2) is 6.02. The first-order chi connectivity index (χ1) is 8.66. The standard InChI is InChI=1S/C13H13BrFN3/c1-9-5-18-11(8-17-9)7-16-6-10-3-2-4-12(15)13(10)14/h2-5,8,16H,6-7H2,1H3. The van der Waals surface area contributed by atoms with E-state index < -0.39 is 0 Å². The van der Waals surface area contributed by atoms with Crippen LogP contribution in [0.3, 0.4) is 0 Å². The van der Waals surface area contributed by atoms with Crippen molar-refractivity contribution < 1.29 is 4.39 Å². The van der Waals surface area contributed by atoms with Gasteiger partial charge in [0.25, 0.3) is 0 Å². The molecule has 1 N–H and O–H groups in total. The summed E-state index contributed by atoms with van der Waals surface area (Å²) in [4.78, 5) is 8.40. The van der Waals surface area contributed by atoms with Gasteiger partial charge in [0, 0.05) is 25.5 Å². The molecule has 5 heteroatoms. The molecule has 1 aromatic heterocycles. The number of hydrogen-bond donors (Lipinski definition) is 1. The minimum absolute atomic E-state index is 0.246. The molecule has 0 fully saturated rings. The SMILES string of the molecule is Cc1cnc(CNCc2cccc(F)c2Br)cn1. The van der Waals surface area contributed by atoms with Crippen molar-refractivity contribution in [1.82, 2.24) is 15.3 Å². The monoisotopic (exact) mass is 309 g/mol. The molecule has 94 valence electrons. The summed E-state index contributed by atoms with van der Waals surface area (Å²) in [6.07, 6.45) is 3.47. The Morgan fingerprint density at radius 1 is 1.22 bits per heavy atom. The predicted molar refractivity (Wildman–Crippen MR) is 71.4 cm³/mol. The maximum Gasteiger partial charge on any atom is 0.137 e. The van der Waals surface area contributed by atoms with Gasteiger partial charge in [0.05, 0.1) is 15.9 Å². The third-order valence-electron chi connectivity index (χ3n) is 2.49. The van der Waals surface area contributed by atoms with Gasteiger partial charge in [-0.1, -0.05) is 12.1 Å². The van der Waals surface area contributed by atoms with Crippen LogP contribution in [0, 0.1) is 12.7 Å². The van der Waals surface area contributed by atoms with Crippen molar-refractivity contribution in [2.45, 2.75) is 20.0 Å². The largest absolute Gasteiger partial charge is 0.307 e. The number of nitrogens with zero attached hydrogens (tertiary/aromatic N) is 2. The van der Waals surface area contributed by atoms with Gasteiger partial charge in [-0.25, -0.2) is 4.39 Å². The van der Waals surface area contributed by atoms with Gasteiger partial charge in [0.15, 0.2) is 0 Å². The molecule has 2 rings (SSSR count). The first kappa shape index (κ1) is 13.1. The second-order valence-corrected chi connectivity index (χ2v) is 4.76. The molecule has 0 amide bonds. The van der Waals surface area contributed by atoms with Gasteiger partial charge in [0.1, 0.15) is 5.82 Å². The van der Waals surface area contributed by atoms with Crippen LogP contribution in [0.15, 0.2) is 35.1 Å². The van der Waals surface area contributed by atoms with E-state index in [9.17, 15) is 4.39 Å². The Labute approximate surface area is 114 Å². The van der Waals surface area contributed by atoms with Crippen molar-refractivity contribution in [2.75, 3.05) is 0 Å². The molecule has 0 bridgehead atoms. The molecule has 1 aromatic carbocycles. The van der Waals surface area contributed by atoms with Crippen LogP contribution < -0.4 is 5.32 Å². The van der Waals surface area contributed by atoms with Gasteiger partial charge in [-0.05, 0) is 34.5 Å². The molecule has 0 saturated carbocycles. The Morgan fingerprint density at radius 3 is 2.78 bits per heavy atom. The Hall–Kier alpha value is -1.33. The van der Waals surface area contributed by atoms with Crippen molar-refractivity contribution >= 4 is 15.9 Å². The van der Waals surface area contributed by atoms with Crippen molar-refractivity contribution in [3.8, 4) is 0 Å². The number of halogens is 2. The topological polar surface area (TPSA) is 37.8 Å². The van der Waals surface area contributed by atoms with Crippen molar-refractivity contribution in [3.05, 3.63) is 57.8 Å². The number of aryl methyl sites for hydroxylation is 1. The highest BCUT2D eigenvalue weighted by molar-refractivity contribution is 9.10. The highest BCUT2D eigenvalue weighted by atomic mass is 79.9. The average Bonchev–Trinajstić information content (AvgIpc) is 2.37. The van der Waals surface area contributed by atoms with Crippen LogP contribution in [-0.2, 0) is 13.1 Å². The minimum atomic E-state index is -0.246. The van der Waals surface area contributed by atoms with E-state index in [1.165, 1.54) is 6.07 Å². The summed E-state index contributed by atoms with van der Waals surface area (Å²) < 4.78 is 13.8. The van der Waals surface area contributed by atoms with Crippen LogP contribution in [0.4, 0.5) is 4.39 Å². The Balaban J connectivity index is 1.92. The van der Waals surface area contributed by atoms with Gasteiger partial charge < -0.3 is 5.32 Å². The third kappa shape index (κ3) is 3.34. The Bertz CT molecular complexity index is 528. The molecule has 0 spiro atoms. The number of rotatable bonds is 4. The zero-order chi connectivity index (χ0) is 13.0. The van der Waals surface area contributed by atoms with Gasteiger partial charge in [-0.15, -0.1) is 0 Å². The van der Waals surface area contributed by atoms with Gasteiger partial charge in [0.2, 0.25) is 0 Å². The lowest BCUT2D eigenvalue weighted by Gasteiger charge is -2.07. The lowest BCUT2D eigenvalue weighted by Crippen LogP contribution is -2.14. The third-order valence-corrected chi connectivity index (χ3v) is 3.38. The molecule has 0 aliphatic carbocycles. The van der Waals surface area contributed by atoms with Crippen LogP contribution in [-0.4, -0.2) is 9.97 Å². The lowest BCUT2D eigenvalue weighted by atomic mass is 10.2. The maximum atomic E-state index is 13.3. The molecule has 18 heavy (non-hydrogen) atoms. The number of nitrogens with one attached hydrogen (secondary N) is 1. The van der Waals surface area contributed by atoms with E-state index in [4.69, 9.17) is 0 Å². The molecule has 2 aromatic rings. The molecule has 3 nitrogen and oxygen atoms in total. The molecule has 0 aliphatic heterocycles. The van der Waals surface area contributed by atoms with Crippen molar-refractivity contribution in [2.24, 2.45) is 0 Å². The zero-order valence-electron chi connectivity index (χ0n) is 9.95. The first-order valence-electron chi connectivity index (χ1n) is 5.58. The summed E-state index contributed by atoms with van der Waals surface area (Å²) in [6.45, 7) is 3.08. The second-order valence-electron chi connectivity index (χ2n) is 3.97. The zero-order valence-corrected chi connectivity index (χ0v) is 11.5. The lowest BCUT2D eigenvalue weighted by molar-refractivity contribution is 0.611. The molecule has 0 atom stereocenters. The molecule has 0 radical (unpaired) electrons. The highest BCUT2D eigenvalue weighted by Crippen LogP contribution is 2.20. The Morgan fingerprint density at radius 2 is 2.06 bits per heavy atom. The smallest absolute Gasteiger partial charge is 0.137 e. The van der Waals surface area contributed by atoms with Crippen LogP contribution in [0.25, 0.3) is 0 Å². The van der Waals surface area contributed by atoms with E-state index in [0.29, 0.717) is 17.6 Å². The fourth-order valence-corrected chi connectivity index (χ4v) is 1.93. The van der Waals surface area contributed by atoms with Crippen LogP contribution in [0.1, 0.15) is 17.0 Å². The normalized spacial score (nSPS) is 10.6. The van der Waals surface area contributed by atoms with Crippen LogP contribution >= 0.6 is 15.9 Å². The number of hydrogen-bond acceptors (Lipinski definition) is 3. The van der Waals surface area contributed by atoms with Gasteiger partial charge >= 0.3 is 0 Å². The van der Waals surface area contributed by atoms with E-state index >= 15 is 0 Å². The van der Waals surface area contributed by atoms with Gasteiger partial charge in [-0.2, -0.15) is 0 Å². The summed E-state index contributed by atoms with van der Waals surface area (Å²) in [5.41, 5.74) is 2.65.